The van der Waals surface area contributed by atoms with E-state index in [1.807, 2.05) is 19.1 Å². The van der Waals surface area contributed by atoms with E-state index in [2.05, 4.69) is 0 Å². The zero-order valence-electron chi connectivity index (χ0n) is 6.99. The highest BCUT2D eigenvalue weighted by molar-refractivity contribution is 5.57. The van der Waals surface area contributed by atoms with Crippen molar-refractivity contribution in [2.24, 2.45) is 0 Å². The van der Waals surface area contributed by atoms with E-state index in [4.69, 9.17) is 5.11 Å². The van der Waals surface area contributed by atoms with Crippen molar-refractivity contribution in [3.8, 4) is 5.75 Å². The first-order valence-electron chi connectivity index (χ1n) is 3.81. The van der Waals surface area contributed by atoms with Crippen LogP contribution in [0.2, 0.25) is 0 Å². The molecule has 2 nitrogen and oxygen atoms in total. The largest absolute Gasteiger partial charge is 0.507 e. The first-order valence-corrected chi connectivity index (χ1v) is 3.81. The Morgan fingerprint density at radius 1 is 1.42 bits per heavy atom. The van der Waals surface area contributed by atoms with E-state index in [9.17, 15) is 5.11 Å². The summed E-state index contributed by atoms with van der Waals surface area (Å²) in [5, 5.41) is 17.8. The highest BCUT2D eigenvalue weighted by atomic mass is 16.3. The van der Waals surface area contributed by atoms with Gasteiger partial charge in [-0.1, -0.05) is 23.8 Å². The van der Waals surface area contributed by atoms with E-state index in [0.717, 1.165) is 11.1 Å². The molecular weight excluding hydrogens is 152 g/mol. The smallest absolute Gasteiger partial charge is 0.122 e. The molecule has 0 saturated carbocycles. The highest BCUT2D eigenvalue weighted by Gasteiger charge is 1.95. The molecule has 0 atom stereocenters. The lowest BCUT2D eigenvalue weighted by Crippen LogP contribution is -1.78. The normalized spacial score (nSPS) is 10.8. The molecule has 12 heavy (non-hydrogen) atoms. The van der Waals surface area contributed by atoms with Crippen molar-refractivity contribution in [3.05, 3.63) is 35.4 Å². The number of benzene rings is 1. The molecule has 2 heteroatoms. The molecule has 0 aliphatic carbocycles. The molecule has 0 fully saturated rings. The molecule has 0 saturated heterocycles. The number of aliphatic hydroxyl groups is 1. The number of phenolic OH excluding ortho intramolecular Hbond substituents is 1. The molecule has 0 aromatic heterocycles. The van der Waals surface area contributed by atoms with Crippen LogP contribution in [-0.4, -0.2) is 16.8 Å². The van der Waals surface area contributed by atoms with E-state index in [1.165, 1.54) is 0 Å². The maximum absolute atomic E-state index is 9.33. The number of hydrogen-bond donors (Lipinski definition) is 2. The van der Waals surface area contributed by atoms with E-state index in [1.54, 1.807) is 18.2 Å². The van der Waals surface area contributed by atoms with Crippen LogP contribution in [-0.2, 0) is 0 Å². The van der Waals surface area contributed by atoms with Gasteiger partial charge in [0.2, 0.25) is 0 Å². The Hall–Kier alpha value is -1.28. The molecule has 0 aliphatic heterocycles. The predicted octanol–water partition coefficient (Wildman–Crippen LogP) is 1.71. The maximum Gasteiger partial charge on any atom is 0.122 e. The fraction of sp³-hybridized carbons (Fsp3) is 0.200. The molecule has 0 unspecified atom stereocenters. The Balaban J connectivity index is 2.97. The average molecular weight is 164 g/mol. The number of phenols is 1. The molecule has 1 aromatic carbocycles. The van der Waals surface area contributed by atoms with Gasteiger partial charge in [0, 0.05) is 5.56 Å². The van der Waals surface area contributed by atoms with Crippen LogP contribution in [0.1, 0.15) is 11.1 Å². The minimum Gasteiger partial charge on any atom is -0.507 e. The van der Waals surface area contributed by atoms with Gasteiger partial charge in [0.05, 0.1) is 6.61 Å². The van der Waals surface area contributed by atoms with Crippen LogP contribution in [0, 0.1) is 6.92 Å². The molecule has 1 aromatic rings. The van der Waals surface area contributed by atoms with Gasteiger partial charge in [-0.25, -0.2) is 0 Å². The lowest BCUT2D eigenvalue weighted by atomic mass is 10.1. The van der Waals surface area contributed by atoms with Gasteiger partial charge in [-0.2, -0.15) is 0 Å². The monoisotopic (exact) mass is 164 g/mol. The van der Waals surface area contributed by atoms with Crippen LogP contribution < -0.4 is 0 Å². The first kappa shape index (κ1) is 8.81. The average Bonchev–Trinajstić information content (AvgIpc) is 2.07. The summed E-state index contributed by atoms with van der Waals surface area (Å²) in [6.45, 7) is 1.95. The summed E-state index contributed by atoms with van der Waals surface area (Å²) in [4.78, 5) is 0. The minimum absolute atomic E-state index is 0.00657. The Labute approximate surface area is 71.8 Å². The van der Waals surface area contributed by atoms with Gasteiger partial charge in [0.1, 0.15) is 5.75 Å². The lowest BCUT2D eigenvalue weighted by Gasteiger charge is -1.99. The van der Waals surface area contributed by atoms with Crippen LogP contribution in [0.15, 0.2) is 24.3 Å². The fourth-order valence-electron chi connectivity index (χ4n) is 0.987. The third-order valence-corrected chi connectivity index (χ3v) is 1.59. The number of aromatic hydroxyl groups is 1. The molecule has 1 rings (SSSR count). The van der Waals surface area contributed by atoms with E-state index in [-0.39, 0.29) is 12.4 Å². The molecule has 0 radical (unpaired) electrons. The molecule has 2 N–H and O–H groups in total. The number of hydrogen-bond acceptors (Lipinski definition) is 2. The van der Waals surface area contributed by atoms with Crippen molar-refractivity contribution >= 4 is 6.08 Å². The Kier molecular flexibility index (Phi) is 2.88. The Bertz CT molecular complexity index is 290. The van der Waals surface area contributed by atoms with Gasteiger partial charge >= 0.3 is 0 Å². The van der Waals surface area contributed by atoms with Gasteiger partial charge in [0.25, 0.3) is 0 Å². The van der Waals surface area contributed by atoms with E-state index < -0.39 is 0 Å². The summed E-state index contributed by atoms with van der Waals surface area (Å²) >= 11 is 0. The first-order chi connectivity index (χ1) is 5.74. The highest BCUT2D eigenvalue weighted by Crippen LogP contribution is 2.19. The standard InChI is InChI=1S/C10H12O2/c1-8-4-5-10(12)9(7-8)3-2-6-11/h2-5,7,11-12H,6H2,1H3. The van der Waals surface area contributed by atoms with Gasteiger partial charge < -0.3 is 10.2 Å². The van der Waals surface area contributed by atoms with Crippen LogP contribution in [0.5, 0.6) is 5.75 Å². The van der Waals surface area contributed by atoms with E-state index >= 15 is 0 Å². The van der Waals surface area contributed by atoms with Crippen LogP contribution in [0.4, 0.5) is 0 Å². The Morgan fingerprint density at radius 2 is 2.17 bits per heavy atom. The topological polar surface area (TPSA) is 40.5 Å². The summed E-state index contributed by atoms with van der Waals surface area (Å²) < 4.78 is 0. The number of aryl methyl sites for hydroxylation is 1. The second-order valence-corrected chi connectivity index (χ2v) is 2.65. The summed E-state index contributed by atoms with van der Waals surface area (Å²) in [6.07, 6.45) is 3.29. The molecule has 0 amide bonds. The van der Waals surface area contributed by atoms with Crippen LogP contribution in [0.3, 0.4) is 0 Å². The van der Waals surface area contributed by atoms with E-state index in [0.29, 0.717) is 0 Å². The van der Waals surface area contributed by atoms with Crippen molar-refractivity contribution in [1.82, 2.24) is 0 Å². The van der Waals surface area contributed by atoms with Gasteiger partial charge in [-0.05, 0) is 19.1 Å². The molecule has 0 aliphatic rings. The lowest BCUT2D eigenvalue weighted by molar-refractivity contribution is 0.343. The molecule has 0 spiro atoms. The minimum atomic E-state index is -0.00657. The third kappa shape index (κ3) is 2.10. The van der Waals surface area contributed by atoms with Crippen LogP contribution >= 0.6 is 0 Å². The summed E-state index contributed by atoms with van der Waals surface area (Å²) in [5.74, 6) is 0.241. The number of aliphatic hydroxyl groups excluding tert-OH is 1. The Morgan fingerprint density at radius 3 is 2.83 bits per heavy atom. The van der Waals surface area contributed by atoms with Gasteiger partial charge in [0.15, 0.2) is 0 Å². The second kappa shape index (κ2) is 3.93. The third-order valence-electron chi connectivity index (χ3n) is 1.59. The van der Waals surface area contributed by atoms with Crippen molar-refractivity contribution in [2.45, 2.75) is 6.92 Å². The van der Waals surface area contributed by atoms with Crippen LogP contribution in [0.25, 0.3) is 6.08 Å². The second-order valence-electron chi connectivity index (χ2n) is 2.65. The summed E-state index contributed by atoms with van der Waals surface area (Å²) in [5.41, 5.74) is 1.83. The van der Waals surface area contributed by atoms with Gasteiger partial charge in [-0.3, -0.25) is 0 Å². The molecular formula is C10H12O2. The maximum atomic E-state index is 9.33. The SMILES string of the molecule is Cc1ccc(O)c(C=CCO)c1. The molecule has 64 valence electrons. The quantitative estimate of drug-likeness (QED) is 0.698. The summed E-state index contributed by atoms with van der Waals surface area (Å²) in [6, 6.07) is 5.35. The van der Waals surface area contributed by atoms with Gasteiger partial charge in [-0.15, -0.1) is 0 Å². The van der Waals surface area contributed by atoms with Crippen molar-refractivity contribution in [1.29, 1.82) is 0 Å². The zero-order valence-corrected chi connectivity index (χ0v) is 6.99. The van der Waals surface area contributed by atoms with Crippen molar-refractivity contribution < 1.29 is 10.2 Å². The number of rotatable bonds is 2. The predicted molar refractivity (Wildman–Crippen MR) is 49.0 cm³/mol. The molecule has 0 bridgehead atoms. The van der Waals surface area contributed by atoms with Crippen molar-refractivity contribution in [3.63, 3.8) is 0 Å². The fourth-order valence-corrected chi connectivity index (χ4v) is 0.987. The summed E-state index contributed by atoms with van der Waals surface area (Å²) in [7, 11) is 0. The van der Waals surface area contributed by atoms with Crippen molar-refractivity contribution in [2.75, 3.05) is 6.61 Å². The molecule has 0 heterocycles. The zero-order chi connectivity index (χ0) is 8.97.